The van der Waals surface area contributed by atoms with Crippen LogP contribution in [0.5, 0.6) is 0 Å². The van der Waals surface area contributed by atoms with Crippen LogP contribution in [0.2, 0.25) is 0 Å². The zero-order valence-electron chi connectivity index (χ0n) is 13.9. The van der Waals surface area contributed by atoms with Gasteiger partial charge in [-0.3, -0.25) is 9.78 Å². The fraction of sp³-hybridized carbons (Fsp3) is 0.100. The van der Waals surface area contributed by atoms with Gasteiger partial charge in [0, 0.05) is 37.6 Å². The van der Waals surface area contributed by atoms with Crippen LogP contribution in [0.3, 0.4) is 0 Å². The van der Waals surface area contributed by atoms with Gasteiger partial charge in [0.05, 0.1) is 5.52 Å². The number of aromatic nitrogens is 2. The van der Waals surface area contributed by atoms with E-state index in [4.69, 9.17) is 4.42 Å². The molecule has 3 aromatic heterocycles. The van der Waals surface area contributed by atoms with Crippen molar-refractivity contribution in [2.24, 2.45) is 0 Å². The highest BCUT2D eigenvalue weighted by atomic mass is 79.9. The summed E-state index contributed by atoms with van der Waals surface area (Å²) in [6.45, 7) is 1.04. The molecule has 1 N–H and O–H groups in total. The van der Waals surface area contributed by atoms with Crippen LogP contribution < -0.4 is 5.32 Å². The van der Waals surface area contributed by atoms with Crippen LogP contribution in [0.4, 0.5) is 0 Å². The third-order valence-corrected chi connectivity index (χ3v) is 4.57. The summed E-state index contributed by atoms with van der Waals surface area (Å²) in [6, 6.07) is 17.5. The van der Waals surface area contributed by atoms with Crippen molar-refractivity contribution >= 4 is 32.9 Å². The molecule has 0 unspecified atom stereocenters. The van der Waals surface area contributed by atoms with Crippen molar-refractivity contribution < 1.29 is 9.21 Å². The Kier molecular flexibility index (Phi) is 4.58. The maximum absolute atomic E-state index is 12.8. The number of nitrogens with one attached hydrogen (secondary N) is 1. The summed E-state index contributed by atoms with van der Waals surface area (Å²) in [4.78, 5) is 16.8. The van der Waals surface area contributed by atoms with Crippen molar-refractivity contribution in [3.05, 3.63) is 88.5 Å². The average Bonchev–Trinajstić information content (AvgIpc) is 3.19. The zero-order valence-corrected chi connectivity index (χ0v) is 15.4. The molecule has 0 saturated carbocycles. The Bertz CT molecular complexity index is 1040. The molecule has 0 aliphatic heterocycles. The summed E-state index contributed by atoms with van der Waals surface area (Å²) in [5, 5.41) is 2.97. The summed E-state index contributed by atoms with van der Waals surface area (Å²) in [5.74, 6) is -0.139. The van der Waals surface area contributed by atoms with E-state index in [-0.39, 0.29) is 5.91 Å². The van der Waals surface area contributed by atoms with Crippen molar-refractivity contribution in [1.82, 2.24) is 14.9 Å². The average molecular weight is 410 g/mol. The predicted molar refractivity (Wildman–Crippen MR) is 103 cm³/mol. The molecule has 0 aliphatic carbocycles. The van der Waals surface area contributed by atoms with Crippen LogP contribution in [0, 0.1) is 0 Å². The van der Waals surface area contributed by atoms with Crippen LogP contribution in [0.1, 0.15) is 21.6 Å². The smallest absolute Gasteiger partial charge is 0.268 e. The summed E-state index contributed by atoms with van der Waals surface area (Å²) in [6.07, 6.45) is 3.43. The molecule has 26 heavy (non-hydrogen) atoms. The van der Waals surface area contributed by atoms with Crippen molar-refractivity contribution in [3.63, 3.8) is 0 Å². The van der Waals surface area contributed by atoms with E-state index in [0.29, 0.717) is 29.0 Å². The molecule has 3 heterocycles. The largest absolute Gasteiger partial charge is 0.448 e. The lowest BCUT2D eigenvalue weighted by atomic mass is 10.2. The Morgan fingerprint density at radius 3 is 2.62 bits per heavy atom. The number of benzene rings is 1. The van der Waals surface area contributed by atoms with E-state index in [1.165, 1.54) is 0 Å². The second-order valence-corrected chi connectivity index (χ2v) is 6.72. The molecule has 6 heteroatoms. The molecule has 0 atom stereocenters. The van der Waals surface area contributed by atoms with E-state index < -0.39 is 0 Å². The number of rotatable bonds is 5. The van der Waals surface area contributed by atoms with Crippen LogP contribution in [0.15, 0.2) is 76.1 Å². The van der Waals surface area contributed by atoms with E-state index in [1.807, 2.05) is 53.1 Å². The highest BCUT2D eigenvalue weighted by Gasteiger charge is 2.18. The summed E-state index contributed by atoms with van der Waals surface area (Å²) in [5.41, 5.74) is 4.26. The van der Waals surface area contributed by atoms with Crippen molar-refractivity contribution in [1.29, 1.82) is 0 Å². The molecule has 5 nitrogen and oxygen atoms in total. The maximum atomic E-state index is 12.8. The second kappa shape index (κ2) is 7.17. The first-order valence-electron chi connectivity index (χ1n) is 8.20. The number of carbonyl (C=O) groups excluding carboxylic acids is 1. The van der Waals surface area contributed by atoms with Crippen LogP contribution in [-0.4, -0.2) is 15.5 Å². The first-order chi connectivity index (χ1) is 12.7. The van der Waals surface area contributed by atoms with Gasteiger partial charge in [-0.1, -0.05) is 30.3 Å². The van der Waals surface area contributed by atoms with E-state index in [9.17, 15) is 4.79 Å². The van der Waals surface area contributed by atoms with E-state index in [2.05, 4.69) is 26.2 Å². The number of hydrogen-bond acceptors (Lipinski definition) is 3. The molecule has 1 aromatic carbocycles. The topological polar surface area (TPSA) is 60.1 Å². The van der Waals surface area contributed by atoms with Gasteiger partial charge in [0.1, 0.15) is 5.69 Å². The summed E-state index contributed by atoms with van der Waals surface area (Å²) in [7, 11) is 0. The summed E-state index contributed by atoms with van der Waals surface area (Å²) >= 11 is 3.36. The molecule has 4 rings (SSSR count). The van der Waals surface area contributed by atoms with Crippen LogP contribution in [0.25, 0.3) is 11.1 Å². The van der Waals surface area contributed by atoms with Crippen molar-refractivity contribution in [2.45, 2.75) is 13.1 Å². The van der Waals surface area contributed by atoms with Gasteiger partial charge in [-0.2, -0.15) is 0 Å². The summed E-state index contributed by atoms with van der Waals surface area (Å²) < 4.78 is 8.27. The fourth-order valence-electron chi connectivity index (χ4n) is 2.91. The molecule has 0 fully saturated rings. The Hall–Kier alpha value is -2.86. The van der Waals surface area contributed by atoms with Gasteiger partial charge in [0.2, 0.25) is 0 Å². The number of fused-ring (bicyclic) bond motifs is 1. The monoisotopic (exact) mass is 409 g/mol. The molecule has 0 saturated heterocycles. The zero-order chi connectivity index (χ0) is 17.9. The molecule has 4 aromatic rings. The number of halogens is 1. The standard InChI is InChI=1S/C20H16BrN3O2/c21-19-11-16-18(26-19)10-17(24(16)13-15-4-2-1-3-5-15)20(25)23-12-14-6-8-22-9-7-14/h1-11H,12-13H2,(H,23,25). The van der Waals surface area contributed by atoms with E-state index in [0.717, 1.165) is 16.6 Å². The minimum absolute atomic E-state index is 0.139. The highest BCUT2D eigenvalue weighted by molar-refractivity contribution is 9.10. The number of hydrogen-bond donors (Lipinski definition) is 1. The Balaban J connectivity index is 1.64. The molecule has 0 radical (unpaired) electrons. The van der Waals surface area contributed by atoms with E-state index in [1.54, 1.807) is 18.5 Å². The normalized spacial score (nSPS) is 11.0. The molecule has 1 amide bonds. The molecular formula is C20H16BrN3O2. The SMILES string of the molecule is O=C(NCc1ccncc1)c1cc2oc(Br)cc2n1Cc1ccccc1. The first-order valence-corrected chi connectivity index (χ1v) is 8.99. The number of amides is 1. The first kappa shape index (κ1) is 16.6. The number of carbonyl (C=O) groups is 1. The van der Waals surface area contributed by atoms with Gasteiger partial charge in [-0.15, -0.1) is 0 Å². The predicted octanol–water partition coefficient (Wildman–Crippen LogP) is 4.37. The van der Waals surface area contributed by atoms with Gasteiger partial charge >= 0.3 is 0 Å². The molecular weight excluding hydrogens is 394 g/mol. The lowest BCUT2D eigenvalue weighted by Gasteiger charge is -2.11. The minimum Gasteiger partial charge on any atom is -0.448 e. The van der Waals surface area contributed by atoms with Crippen molar-refractivity contribution in [2.75, 3.05) is 0 Å². The second-order valence-electron chi connectivity index (χ2n) is 5.94. The van der Waals surface area contributed by atoms with Gasteiger partial charge in [-0.25, -0.2) is 0 Å². The van der Waals surface area contributed by atoms with Crippen LogP contribution in [-0.2, 0) is 13.1 Å². The quantitative estimate of drug-likeness (QED) is 0.532. The number of pyridine rings is 1. The van der Waals surface area contributed by atoms with Gasteiger partial charge in [0.25, 0.3) is 5.91 Å². The Morgan fingerprint density at radius 1 is 1.08 bits per heavy atom. The van der Waals surface area contributed by atoms with Crippen LogP contribution >= 0.6 is 15.9 Å². The van der Waals surface area contributed by atoms with Gasteiger partial charge < -0.3 is 14.3 Å². The highest BCUT2D eigenvalue weighted by Crippen LogP contribution is 2.28. The molecule has 130 valence electrons. The van der Waals surface area contributed by atoms with Gasteiger partial charge in [-0.05, 0) is 39.2 Å². The van der Waals surface area contributed by atoms with Crippen molar-refractivity contribution in [3.8, 4) is 0 Å². The maximum Gasteiger partial charge on any atom is 0.268 e. The van der Waals surface area contributed by atoms with Gasteiger partial charge in [0.15, 0.2) is 10.3 Å². The minimum atomic E-state index is -0.139. The Morgan fingerprint density at radius 2 is 1.85 bits per heavy atom. The lowest BCUT2D eigenvalue weighted by molar-refractivity contribution is 0.0942. The number of nitrogens with zero attached hydrogens (tertiary/aromatic N) is 2. The molecule has 0 spiro atoms. The third kappa shape index (κ3) is 3.41. The Labute approximate surface area is 158 Å². The third-order valence-electron chi connectivity index (χ3n) is 4.18. The lowest BCUT2D eigenvalue weighted by Crippen LogP contribution is -2.25. The molecule has 0 aliphatic rings. The fourth-order valence-corrected chi connectivity index (χ4v) is 3.30. The number of furan rings is 1. The molecule has 0 bridgehead atoms. The van der Waals surface area contributed by atoms with E-state index >= 15 is 0 Å².